The Balaban J connectivity index is 1.88. The summed E-state index contributed by atoms with van der Waals surface area (Å²) in [4.78, 5) is 4.24. The molecule has 0 amide bonds. The molecule has 0 aliphatic carbocycles. The van der Waals surface area contributed by atoms with Crippen molar-refractivity contribution in [1.82, 2.24) is 10.3 Å². The Hall–Kier alpha value is -2.08. The van der Waals surface area contributed by atoms with Crippen LogP contribution < -0.4 is 10.1 Å². The highest BCUT2D eigenvalue weighted by Crippen LogP contribution is 2.29. The second-order valence-corrected chi connectivity index (χ2v) is 4.47. The lowest BCUT2D eigenvalue weighted by atomic mass is 10.1. The van der Waals surface area contributed by atoms with Crippen LogP contribution in [0.1, 0.15) is 16.8 Å². The van der Waals surface area contributed by atoms with Crippen molar-refractivity contribution < 1.29 is 17.9 Å². The zero-order valence-electron chi connectivity index (χ0n) is 11.4. The summed E-state index contributed by atoms with van der Waals surface area (Å²) >= 11 is 0. The third-order valence-corrected chi connectivity index (χ3v) is 2.91. The van der Waals surface area contributed by atoms with Gasteiger partial charge in [0.05, 0.1) is 18.4 Å². The lowest BCUT2D eigenvalue weighted by Gasteiger charge is -2.08. The van der Waals surface area contributed by atoms with Crippen molar-refractivity contribution in [2.75, 3.05) is 7.11 Å². The standard InChI is InChI=1S/C15H15F3N2O/c1-21-14-4-2-3-13(20-14)10-19-9-11-5-7-12(8-6-11)15(16,17)18/h2-8,19H,9-10H2,1H3. The molecule has 0 aliphatic heterocycles. The second kappa shape index (κ2) is 6.58. The first-order valence-electron chi connectivity index (χ1n) is 6.36. The molecule has 1 N–H and O–H groups in total. The number of pyridine rings is 1. The van der Waals surface area contributed by atoms with E-state index in [0.717, 1.165) is 23.4 Å². The summed E-state index contributed by atoms with van der Waals surface area (Å²) < 4.78 is 42.3. The fourth-order valence-corrected chi connectivity index (χ4v) is 1.82. The van der Waals surface area contributed by atoms with Crippen LogP contribution in [0.5, 0.6) is 5.88 Å². The molecule has 0 fully saturated rings. The highest BCUT2D eigenvalue weighted by Gasteiger charge is 2.29. The number of rotatable bonds is 5. The van der Waals surface area contributed by atoms with Gasteiger partial charge in [-0.05, 0) is 23.8 Å². The normalized spacial score (nSPS) is 11.4. The molecule has 1 heterocycles. The average Bonchev–Trinajstić information content (AvgIpc) is 2.47. The first kappa shape index (κ1) is 15.3. The largest absolute Gasteiger partial charge is 0.481 e. The highest BCUT2D eigenvalue weighted by molar-refractivity contribution is 5.24. The Morgan fingerprint density at radius 2 is 1.76 bits per heavy atom. The minimum absolute atomic E-state index is 0.469. The molecule has 0 saturated carbocycles. The van der Waals surface area contributed by atoms with Crippen molar-refractivity contribution in [2.45, 2.75) is 19.3 Å². The molecule has 0 radical (unpaired) electrons. The third kappa shape index (κ3) is 4.46. The van der Waals surface area contributed by atoms with Crippen molar-refractivity contribution in [3.63, 3.8) is 0 Å². The van der Waals surface area contributed by atoms with Gasteiger partial charge in [0.2, 0.25) is 5.88 Å². The van der Waals surface area contributed by atoms with Crippen LogP contribution in [0.4, 0.5) is 13.2 Å². The Morgan fingerprint density at radius 3 is 2.38 bits per heavy atom. The molecular formula is C15H15F3N2O. The molecule has 21 heavy (non-hydrogen) atoms. The number of benzene rings is 1. The van der Waals surface area contributed by atoms with Crippen molar-refractivity contribution in [1.29, 1.82) is 0 Å². The Morgan fingerprint density at radius 1 is 1.05 bits per heavy atom. The fourth-order valence-electron chi connectivity index (χ4n) is 1.82. The lowest BCUT2D eigenvalue weighted by molar-refractivity contribution is -0.137. The number of nitrogens with zero attached hydrogens (tertiary/aromatic N) is 1. The molecule has 3 nitrogen and oxygen atoms in total. The summed E-state index contributed by atoms with van der Waals surface area (Å²) in [5, 5.41) is 3.13. The molecule has 0 spiro atoms. The number of aromatic nitrogens is 1. The molecule has 0 unspecified atom stereocenters. The minimum Gasteiger partial charge on any atom is -0.481 e. The SMILES string of the molecule is COc1cccc(CNCc2ccc(C(F)(F)F)cc2)n1. The smallest absolute Gasteiger partial charge is 0.416 e. The van der Waals surface area contributed by atoms with Gasteiger partial charge < -0.3 is 10.1 Å². The zero-order chi connectivity index (χ0) is 15.3. The zero-order valence-corrected chi connectivity index (χ0v) is 11.4. The van der Waals surface area contributed by atoms with Crippen LogP contribution in [0, 0.1) is 0 Å². The van der Waals surface area contributed by atoms with E-state index in [1.807, 2.05) is 12.1 Å². The van der Waals surface area contributed by atoms with E-state index >= 15 is 0 Å². The van der Waals surface area contributed by atoms with Crippen LogP contribution in [0.25, 0.3) is 0 Å². The van der Waals surface area contributed by atoms with Crippen LogP contribution in [0.2, 0.25) is 0 Å². The molecule has 0 aliphatic rings. The number of methoxy groups -OCH3 is 1. The predicted molar refractivity (Wildman–Crippen MR) is 72.8 cm³/mol. The highest BCUT2D eigenvalue weighted by atomic mass is 19.4. The van der Waals surface area contributed by atoms with Gasteiger partial charge in [-0.3, -0.25) is 0 Å². The monoisotopic (exact) mass is 296 g/mol. The van der Waals surface area contributed by atoms with Crippen LogP contribution in [0.15, 0.2) is 42.5 Å². The molecule has 6 heteroatoms. The van der Waals surface area contributed by atoms with Crippen LogP contribution in [-0.2, 0) is 19.3 Å². The molecule has 2 rings (SSSR count). The van der Waals surface area contributed by atoms with E-state index in [4.69, 9.17) is 4.74 Å². The van der Waals surface area contributed by atoms with E-state index in [1.165, 1.54) is 12.1 Å². The Kier molecular flexibility index (Phi) is 4.80. The van der Waals surface area contributed by atoms with Crippen LogP contribution in [-0.4, -0.2) is 12.1 Å². The maximum Gasteiger partial charge on any atom is 0.416 e. The molecule has 2 aromatic rings. The first-order chi connectivity index (χ1) is 9.99. The predicted octanol–water partition coefficient (Wildman–Crippen LogP) is 3.40. The van der Waals surface area contributed by atoms with Crippen molar-refractivity contribution in [3.05, 3.63) is 59.3 Å². The molecule has 0 atom stereocenters. The van der Waals surface area contributed by atoms with Gasteiger partial charge in [0.25, 0.3) is 0 Å². The van der Waals surface area contributed by atoms with E-state index in [1.54, 1.807) is 13.2 Å². The van der Waals surface area contributed by atoms with Gasteiger partial charge in [-0.15, -0.1) is 0 Å². The van der Waals surface area contributed by atoms with Crippen molar-refractivity contribution in [2.24, 2.45) is 0 Å². The topological polar surface area (TPSA) is 34.1 Å². The van der Waals surface area contributed by atoms with E-state index in [2.05, 4.69) is 10.3 Å². The first-order valence-corrected chi connectivity index (χ1v) is 6.36. The van der Waals surface area contributed by atoms with Gasteiger partial charge in [-0.2, -0.15) is 13.2 Å². The lowest BCUT2D eigenvalue weighted by Crippen LogP contribution is -2.14. The number of hydrogen-bond acceptors (Lipinski definition) is 3. The fraction of sp³-hybridized carbons (Fsp3) is 0.267. The summed E-state index contributed by atoms with van der Waals surface area (Å²) in [6, 6.07) is 10.5. The number of ether oxygens (including phenoxy) is 1. The molecule has 1 aromatic heterocycles. The molecular weight excluding hydrogens is 281 g/mol. The van der Waals surface area contributed by atoms with Crippen molar-refractivity contribution >= 4 is 0 Å². The third-order valence-electron chi connectivity index (χ3n) is 2.91. The van der Waals surface area contributed by atoms with Crippen LogP contribution >= 0.6 is 0 Å². The van der Waals surface area contributed by atoms with E-state index in [-0.39, 0.29) is 0 Å². The molecule has 0 saturated heterocycles. The van der Waals surface area contributed by atoms with Gasteiger partial charge >= 0.3 is 6.18 Å². The van der Waals surface area contributed by atoms with Crippen LogP contribution in [0.3, 0.4) is 0 Å². The van der Waals surface area contributed by atoms with E-state index in [0.29, 0.717) is 19.0 Å². The maximum absolute atomic E-state index is 12.4. The van der Waals surface area contributed by atoms with E-state index in [9.17, 15) is 13.2 Å². The molecule has 1 aromatic carbocycles. The summed E-state index contributed by atoms with van der Waals surface area (Å²) in [7, 11) is 1.54. The average molecular weight is 296 g/mol. The Bertz CT molecular complexity index is 582. The number of nitrogens with one attached hydrogen (secondary N) is 1. The van der Waals surface area contributed by atoms with Gasteiger partial charge in [0, 0.05) is 19.2 Å². The molecule has 0 bridgehead atoms. The number of alkyl halides is 3. The summed E-state index contributed by atoms with van der Waals surface area (Å²) in [5.74, 6) is 0.531. The van der Waals surface area contributed by atoms with Gasteiger partial charge in [0.15, 0.2) is 0 Å². The summed E-state index contributed by atoms with van der Waals surface area (Å²) in [5.41, 5.74) is 0.952. The van der Waals surface area contributed by atoms with Gasteiger partial charge in [0.1, 0.15) is 0 Å². The van der Waals surface area contributed by atoms with Crippen molar-refractivity contribution in [3.8, 4) is 5.88 Å². The molecule has 112 valence electrons. The number of halogens is 3. The van der Waals surface area contributed by atoms with Gasteiger partial charge in [-0.1, -0.05) is 18.2 Å². The van der Waals surface area contributed by atoms with E-state index < -0.39 is 11.7 Å². The maximum atomic E-state index is 12.4. The van der Waals surface area contributed by atoms with Gasteiger partial charge in [-0.25, -0.2) is 4.98 Å². The summed E-state index contributed by atoms with van der Waals surface area (Å²) in [6.07, 6.45) is -4.30. The number of hydrogen-bond donors (Lipinski definition) is 1. The quantitative estimate of drug-likeness (QED) is 0.918. The minimum atomic E-state index is -4.30. The second-order valence-electron chi connectivity index (χ2n) is 4.47. The Labute approximate surface area is 120 Å². The summed E-state index contributed by atoms with van der Waals surface area (Å²) in [6.45, 7) is 0.981.